The molecule has 9 heteroatoms. The van der Waals surface area contributed by atoms with Crippen LogP contribution in [-0.4, -0.2) is 45.5 Å². The summed E-state index contributed by atoms with van der Waals surface area (Å²) in [6.07, 6.45) is 4.60. The molecule has 1 fully saturated rings. The standard InChI is InChI=1S/C26H31N5O3S/c1-18-8-6-7-11-22(18)28-24(32)17-35-26-30-29-23(31(26)20-9-4-3-5-10-20)16-27-25(33)19-12-14-21(34-2)15-13-19/h3-5,9-10,12-15,18,22H,6-8,11,16-17H2,1-2H3,(H,27,33)(H,28,32). The molecule has 3 aromatic rings. The monoisotopic (exact) mass is 493 g/mol. The topological polar surface area (TPSA) is 98.1 Å². The van der Waals surface area contributed by atoms with E-state index in [2.05, 4.69) is 27.8 Å². The van der Waals surface area contributed by atoms with Crippen LogP contribution in [0.2, 0.25) is 0 Å². The average molecular weight is 494 g/mol. The van der Waals surface area contributed by atoms with Crippen molar-refractivity contribution in [1.82, 2.24) is 25.4 Å². The van der Waals surface area contributed by atoms with E-state index in [-0.39, 0.29) is 30.2 Å². The van der Waals surface area contributed by atoms with Crippen molar-refractivity contribution < 1.29 is 14.3 Å². The number of carbonyl (C=O) groups is 2. The molecular weight excluding hydrogens is 462 g/mol. The van der Waals surface area contributed by atoms with Crippen molar-refractivity contribution in [3.8, 4) is 11.4 Å². The van der Waals surface area contributed by atoms with Gasteiger partial charge in [-0.3, -0.25) is 14.2 Å². The highest BCUT2D eigenvalue weighted by Gasteiger charge is 2.23. The van der Waals surface area contributed by atoms with Crippen molar-refractivity contribution in [3.63, 3.8) is 0 Å². The summed E-state index contributed by atoms with van der Waals surface area (Å²) in [6, 6.07) is 16.9. The first-order valence-corrected chi connectivity index (χ1v) is 12.9. The van der Waals surface area contributed by atoms with Crippen molar-refractivity contribution in [3.05, 3.63) is 66.0 Å². The van der Waals surface area contributed by atoms with Gasteiger partial charge < -0.3 is 15.4 Å². The fourth-order valence-corrected chi connectivity index (χ4v) is 5.04. The lowest BCUT2D eigenvalue weighted by Crippen LogP contribution is -2.41. The molecule has 1 aliphatic carbocycles. The van der Waals surface area contributed by atoms with Gasteiger partial charge in [-0.15, -0.1) is 10.2 Å². The number of nitrogens with zero attached hydrogens (tertiary/aromatic N) is 3. The van der Waals surface area contributed by atoms with E-state index in [1.165, 1.54) is 18.2 Å². The molecular formula is C26H31N5O3S. The highest BCUT2D eigenvalue weighted by Crippen LogP contribution is 2.25. The van der Waals surface area contributed by atoms with Crippen LogP contribution in [0.5, 0.6) is 5.75 Å². The lowest BCUT2D eigenvalue weighted by molar-refractivity contribution is -0.119. The van der Waals surface area contributed by atoms with E-state index in [9.17, 15) is 9.59 Å². The Balaban J connectivity index is 1.44. The molecule has 0 bridgehead atoms. The van der Waals surface area contributed by atoms with E-state index >= 15 is 0 Å². The van der Waals surface area contributed by atoms with Gasteiger partial charge in [-0.1, -0.05) is 49.7 Å². The van der Waals surface area contributed by atoms with Crippen molar-refractivity contribution in [2.24, 2.45) is 5.92 Å². The van der Waals surface area contributed by atoms with Gasteiger partial charge in [0.25, 0.3) is 5.91 Å². The fraction of sp³-hybridized carbons (Fsp3) is 0.385. The maximum Gasteiger partial charge on any atom is 0.251 e. The molecule has 2 N–H and O–H groups in total. The third-order valence-electron chi connectivity index (χ3n) is 6.26. The molecule has 0 aliphatic heterocycles. The Kier molecular flexibility index (Phi) is 8.41. The first-order valence-electron chi connectivity index (χ1n) is 11.9. The van der Waals surface area contributed by atoms with E-state index < -0.39 is 0 Å². The minimum absolute atomic E-state index is 0.00530. The zero-order valence-corrected chi connectivity index (χ0v) is 20.9. The van der Waals surface area contributed by atoms with Gasteiger partial charge in [-0.25, -0.2) is 0 Å². The Morgan fingerprint density at radius 2 is 1.80 bits per heavy atom. The number of aromatic nitrogens is 3. The largest absolute Gasteiger partial charge is 0.497 e. The zero-order valence-electron chi connectivity index (χ0n) is 20.1. The number of benzene rings is 2. The molecule has 2 aromatic carbocycles. The summed E-state index contributed by atoms with van der Waals surface area (Å²) < 4.78 is 7.03. The Morgan fingerprint density at radius 1 is 1.06 bits per heavy atom. The average Bonchev–Trinajstić information content (AvgIpc) is 3.30. The van der Waals surface area contributed by atoms with Crippen LogP contribution in [0, 0.1) is 5.92 Å². The second-order valence-corrected chi connectivity index (χ2v) is 9.65. The van der Waals surface area contributed by atoms with E-state index in [4.69, 9.17) is 4.74 Å². The summed E-state index contributed by atoms with van der Waals surface area (Å²) in [5.74, 6) is 1.82. The summed E-state index contributed by atoms with van der Waals surface area (Å²) in [5, 5.41) is 15.3. The van der Waals surface area contributed by atoms with Crippen molar-refractivity contribution in [2.45, 2.75) is 50.4 Å². The lowest BCUT2D eigenvalue weighted by atomic mass is 9.86. The molecule has 1 aliphatic rings. The number of amides is 2. The number of ether oxygens (including phenoxy) is 1. The first kappa shape index (κ1) is 24.8. The molecule has 2 atom stereocenters. The number of rotatable bonds is 9. The Bertz CT molecular complexity index is 1130. The Labute approximate surface area is 209 Å². The van der Waals surface area contributed by atoms with Crippen molar-refractivity contribution in [1.29, 1.82) is 0 Å². The minimum Gasteiger partial charge on any atom is -0.497 e. The second kappa shape index (κ2) is 11.9. The molecule has 1 saturated carbocycles. The fourth-order valence-electron chi connectivity index (χ4n) is 4.26. The van der Waals surface area contributed by atoms with E-state index in [1.807, 2.05) is 34.9 Å². The summed E-state index contributed by atoms with van der Waals surface area (Å²) in [6.45, 7) is 2.40. The summed E-state index contributed by atoms with van der Waals surface area (Å²) >= 11 is 1.35. The number of carbonyl (C=O) groups excluding carboxylic acids is 2. The minimum atomic E-state index is -0.217. The van der Waals surface area contributed by atoms with Gasteiger partial charge in [0.2, 0.25) is 5.91 Å². The molecule has 0 radical (unpaired) electrons. The van der Waals surface area contributed by atoms with Gasteiger partial charge in [-0.05, 0) is 55.2 Å². The SMILES string of the molecule is COc1ccc(C(=O)NCc2nnc(SCC(=O)NC3CCCCC3C)n2-c2ccccc2)cc1. The normalized spacial score (nSPS) is 17.5. The molecule has 0 saturated heterocycles. The van der Waals surface area contributed by atoms with Crippen LogP contribution in [0.4, 0.5) is 0 Å². The number of hydrogen-bond donors (Lipinski definition) is 2. The molecule has 35 heavy (non-hydrogen) atoms. The van der Waals surface area contributed by atoms with E-state index in [1.54, 1.807) is 31.4 Å². The quantitative estimate of drug-likeness (QED) is 0.438. The summed E-state index contributed by atoms with van der Waals surface area (Å²) in [7, 11) is 1.58. The summed E-state index contributed by atoms with van der Waals surface area (Å²) in [4.78, 5) is 25.3. The lowest BCUT2D eigenvalue weighted by Gasteiger charge is -2.29. The smallest absolute Gasteiger partial charge is 0.251 e. The first-order chi connectivity index (χ1) is 17.0. The van der Waals surface area contributed by atoms with Gasteiger partial charge in [0.15, 0.2) is 11.0 Å². The van der Waals surface area contributed by atoms with E-state index in [0.717, 1.165) is 24.9 Å². The van der Waals surface area contributed by atoms with Gasteiger partial charge >= 0.3 is 0 Å². The number of methoxy groups -OCH3 is 1. The van der Waals surface area contributed by atoms with Gasteiger partial charge in [0.05, 0.1) is 19.4 Å². The Hall–Kier alpha value is -3.33. The predicted molar refractivity (Wildman–Crippen MR) is 136 cm³/mol. The van der Waals surface area contributed by atoms with Gasteiger partial charge in [0.1, 0.15) is 5.75 Å². The third kappa shape index (κ3) is 6.42. The zero-order chi connectivity index (χ0) is 24.6. The molecule has 0 spiro atoms. The van der Waals surface area contributed by atoms with Crippen LogP contribution in [0.15, 0.2) is 59.8 Å². The maximum absolute atomic E-state index is 12.6. The van der Waals surface area contributed by atoms with Crippen LogP contribution in [-0.2, 0) is 11.3 Å². The second-order valence-electron chi connectivity index (χ2n) is 8.71. The van der Waals surface area contributed by atoms with Crippen LogP contribution in [0.25, 0.3) is 5.69 Å². The predicted octanol–water partition coefficient (Wildman–Crippen LogP) is 3.99. The third-order valence-corrected chi connectivity index (χ3v) is 7.19. The van der Waals surface area contributed by atoms with Crippen LogP contribution in [0.3, 0.4) is 0 Å². The highest BCUT2D eigenvalue weighted by atomic mass is 32.2. The molecule has 2 unspecified atom stereocenters. The van der Waals surface area contributed by atoms with Crippen molar-refractivity contribution in [2.75, 3.05) is 12.9 Å². The van der Waals surface area contributed by atoms with Crippen LogP contribution < -0.4 is 15.4 Å². The number of para-hydroxylation sites is 1. The van der Waals surface area contributed by atoms with Gasteiger partial charge in [-0.2, -0.15) is 0 Å². The number of nitrogens with one attached hydrogen (secondary N) is 2. The van der Waals surface area contributed by atoms with Crippen LogP contribution >= 0.6 is 11.8 Å². The van der Waals surface area contributed by atoms with Crippen molar-refractivity contribution >= 4 is 23.6 Å². The summed E-state index contributed by atoms with van der Waals surface area (Å²) in [5.41, 5.74) is 1.40. The molecule has 4 rings (SSSR count). The molecule has 184 valence electrons. The van der Waals surface area contributed by atoms with E-state index in [0.29, 0.717) is 28.2 Å². The number of thioether (sulfide) groups is 1. The Morgan fingerprint density at radius 3 is 2.51 bits per heavy atom. The van der Waals surface area contributed by atoms with Crippen LogP contribution in [0.1, 0.15) is 48.8 Å². The molecule has 1 aromatic heterocycles. The molecule has 2 amide bonds. The highest BCUT2D eigenvalue weighted by molar-refractivity contribution is 7.99. The molecule has 1 heterocycles. The van der Waals surface area contributed by atoms with Gasteiger partial charge in [0, 0.05) is 17.3 Å². The number of hydrogen-bond acceptors (Lipinski definition) is 6. The maximum atomic E-state index is 12.6. The molecule has 8 nitrogen and oxygen atoms in total.